The van der Waals surface area contributed by atoms with E-state index in [2.05, 4.69) is 5.32 Å². The molecule has 23 heavy (non-hydrogen) atoms. The zero-order chi connectivity index (χ0) is 16.9. The Labute approximate surface area is 134 Å². The van der Waals surface area contributed by atoms with Gasteiger partial charge in [0.2, 0.25) is 5.91 Å². The number of carboxylic acids is 1. The van der Waals surface area contributed by atoms with Crippen LogP contribution in [0.4, 0.5) is 0 Å². The van der Waals surface area contributed by atoms with E-state index in [0.717, 1.165) is 5.56 Å². The first kappa shape index (κ1) is 17.1. The van der Waals surface area contributed by atoms with Gasteiger partial charge in [-0.15, -0.1) is 0 Å². The number of hydrogen-bond acceptors (Lipinski definition) is 4. The molecule has 0 bridgehead atoms. The summed E-state index contributed by atoms with van der Waals surface area (Å²) in [5.74, 6) is -1.61. The van der Waals surface area contributed by atoms with Gasteiger partial charge in [0.15, 0.2) is 5.78 Å². The Morgan fingerprint density at radius 1 is 1.13 bits per heavy atom. The van der Waals surface area contributed by atoms with Gasteiger partial charge < -0.3 is 15.2 Å². The van der Waals surface area contributed by atoms with Crippen molar-refractivity contribution in [3.8, 4) is 0 Å². The first-order valence-electron chi connectivity index (χ1n) is 7.65. The number of aliphatic carboxylic acids is 1. The van der Waals surface area contributed by atoms with E-state index in [1.165, 1.54) is 0 Å². The summed E-state index contributed by atoms with van der Waals surface area (Å²) >= 11 is 0. The topological polar surface area (TPSA) is 92.7 Å². The lowest BCUT2D eigenvalue weighted by Gasteiger charge is -2.33. The van der Waals surface area contributed by atoms with Crippen molar-refractivity contribution in [2.45, 2.75) is 38.1 Å². The number of rotatable bonds is 6. The maximum atomic E-state index is 12.1. The van der Waals surface area contributed by atoms with E-state index in [1.54, 1.807) is 12.1 Å². The van der Waals surface area contributed by atoms with Crippen LogP contribution < -0.4 is 5.32 Å². The molecule has 1 saturated heterocycles. The first-order chi connectivity index (χ1) is 10.9. The molecular weight excluding hydrogens is 298 g/mol. The highest BCUT2D eigenvalue weighted by Crippen LogP contribution is 2.21. The second-order valence-corrected chi connectivity index (χ2v) is 5.84. The molecule has 0 saturated carbocycles. The van der Waals surface area contributed by atoms with E-state index < -0.39 is 17.4 Å². The fourth-order valence-corrected chi connectivity index (χ4v) is 2.55. The van der Waals surface area contributed by atoms with Gasteiger partial charge >= 0.3 is 5.97 Å². The molecule has 1 aromatic carbocycles. The summed E-state index contributed by atoms with van der Waals surface area (Å²) < 4.78 is 5.15. The van der Waals surface area contributed by atoms with Crippen LogP contribution >= 0.6 is 0 Å². The summed E-state index contributed by atoms with van der Waals surface area (Å²) in [5.41, 5.74) is 0.340. The third-order valence-corrected chi connectivity index (χ3v) is 4.09. The highest BCUT2D eigenvalue weighted by Gasteiger charge is 2.41. The number of carbonyl (C=O) groups is 3. The second-order valence-electron chi connectivity index (χ2n) is 5.84. The maximum Gasteiger partial charge on any atom is 0.329 e. The molecule has 1 heterocycles. The van der Waals surface area contributed by atoms with Gasteiger partial charge in [-0.3, -0.25) is 9.59 Å². The van der Waals surface area contributed by atoms with Crippen LogP contribution in [0.25, 0.3) is 0 Å². The first-order valence-corrected chi connectivity index (χ1v) is 7.65. The van der Waals surface area contributed by atoms with Crippen LogP contribution in [0.2, 0.25) is 0 Å². The minimum absolute atomic E-state index is 0.0252. The van der Waals surface area contributed by atoms with Crippen molar-refractivity contribution in [3.05, 3.63) is 35.4 Å². The summed E-state index contributed by atoms with van der Waals surface area (Å²) in [4.78, 5) is 35.6. The third kappa shape index (κ3) is 4.39. The Morgan fingerprint density at radius 2 is 1.74 bits per heavy atom. The molecule has 1 amide bonds. The number of ether oxygens (including phenoxy) is 1. The van der Waals surface area contributed by atoms with Gasteiger partial charge in [-0.25, -0.2) is 4.79 Å². The van der Waals surface area contributed by atoms with Gasteiger partial charge in [-0.2, -0.15) is 0 Å². The lowest BCUT2D eigenvalue weighted by molar-refractivity contribution is -0.152. The normalized spacial score (nSPS) is 16.6. The number of hydrogen-bond donors (Lipinski definition) is 2. The van der Waals surface area contributed by atoms with Crippen LogP contribution in [-0.2, 0) is 14.3 Å². The Hall–Kier alpha value is -2.21. The summed E-state index contributed by atoms with van der Waals surface area (Å²) in [6.07, 6.45) is 0.504. The molecule has 1 fully saturated rings. The zero-order valence-electron chi connectivity index (χ0n) is 13.1. The number of carboxylic acid groups (broad SMARTS) is 1. The molecule has 0 aliphatic carbocycles. The number of nitrogens with one attached hydrogen (secondary N) is 1. The predicted molar refractivity (Wildman–Crippen MR) is 83.3 cm³/mol. The fraction of sp³-hybridized carbons (Fsp3) is 0.471. The van der Waals surface area contributed by atoms with Crippen molar-refractivity contribution in [2.75, 3.05) is 13.2 Å². The van der Waals surface area contributed by atoms with Crippen LogP contribution in [0.5, 0.6) is 0 Å². The SMILES string of the molecule is Cc1ccc(C(=O)CCC(=O)NC2(C(=O)O)CCOCC2)cc1. The van der Waals surface area contributed by atoms with Gasteiger partial charge in [0.25, 0.3) is 0 Å². The molecule has 0 radical (unpaired) electrons. The largest absolute Gasteiger partial charge is 0.480 e. The van der Waals surface area contributed by atoms with Crippen molar-refractivity contribution in [1.82, 2.24) is 5.32 Å². The molecule has 0 atom stereocenters. The quantitative estimate of drug-likeness (QED) is 0.779. The number of amides is 1. The highest BCUT2D eigenvalue weighted by atomic mass is 16.5. The van der Waals surface area contributed by atoms with E-state index in [9.17, 15) is 19.5 Å². The van der Waals surface area contributed by atoms with Gasteiger partial charge in [0, 0.05) is 44.5 Å². The molecule has 1 aromatic rings. The van der Waals surface area contributed by atoms with Crippen molar-refractivity contribution < 1.29 is 24.2 Å². The molecule has 2 N–H and O–H groups in total. The van der Waals surface area contributed by atoms with E-state index in [1.807, 2.05) is 19.1 Å². The smallest absolute Gasteiger partial charge is 0.329 e. The lowest BCUT2D eigenvalue weighted by Crippen LogP contribution is -2.57. The minimum Gasteiger partial charge on any atom is -0.480 e. The molecular formula is C17H21NO5. The van der Waals surface area contributed by atoms with Crippen molar-refractivity contribution in [2.24, 2.45) is 0 Å². The van der Waals surface area contributed by atoms with Gasteiger partial charge in [-0.1, -0.05) is 29.8 Å². The molecule has 124 valence electrons. The van der Waals surface area contributed by atoms with Crippen LogP contribution in [0.1, 0.15) is 41.6 Å². The van der Waals surface area contributed by atoms with Crippen LogP contribution in [0.3, 0.4) is 0 Å². The Bertz CT molecular complexity index is 588. The minimum atomic E-state index is -1.28. The second kappa shape index (κ2) is 7.37. The standard InChI is InChI=1S/C17H21NO5/c1-12-2-4-13(5-3-12)14(19)6-7-15(20)18-17(16(21)22)8-10-23-11-9-17/h2-5H,6-11H2,1H3,(H,18,20)(H,21,22). The monoisotopic (exact) mass is 319 g/mol. The number of carbonyl (C=O) groups excluding carboxylic acids is 2. The average Bonchev–Trinajstić information content (AvgIpc) is 2.54. The predicted octanol–water partition coefficient (Wildman–Crippen LogP) is 1.71. The number of Topliss-reactive ketones (excluding diaryl/α,β-unsaturated/α-hetero) is 1. The Kier molecular flexibility index (Phi) is 5.50. The zero-order valence-corrected chi connectivity index (χ0v) is 13.1. The van der Waals surface area contributed by atoms with Crippen molar-refractivity contribution in [1.29, 1.82) is 0 Å². The van der Waals surface area contributed by atoms with Crippen molar-refractivity contribution in [3.63, 3.8) is 0 Å². The third-order valence-electron chi connectivity index (χ3n) is 4.09. The number of aryl methyl sites for hydroxylation is 1. The summed E-state index contributed by atoms with van der Waals surface area (Å²) in [6, 6.07) is 7.14. The molecule has 0 aromatic heterocycles. The molecule has 2 rings (SSSR count). The molecule has 0 spiro atoms. The molecule has 6 heteroatoms. The number of ketones is 1. The molecule has 1 aliphatic heterocycles. The number of benzene rings is 1. The van der Waals surface area contributed by atoms with E-state index >= 15 is 0 Å². The maximum absolute atomic E-state index is 12.1. The average molecular weight is 319 g/mol. The van der Waals surface area contributed by atoms with Crippen LogP contribution in [0, 0.1) is 6.92 Å². The summed E-state index contributed by atoms with van der Waals surface area (Å²) in [6.45, 7) is 2.53. The van der Waals surface area contributed by atoms with E-state index in [0.29, 0.717) is 18.8 Å². The Morgan fingerprint density at radius 3 is 2.30 bits per heavy atom. The Balaban J connectivity index is 1.90. The summed E-state index contributed by atoms with van der Waals surface area (Å²) in [7, 11) is 0. The van der Waals surface area contributed by atoms with Gasteiger partial charge in [0.05, 0.1) is 0 Å². The fourth-order valence-electron chi connectivity index (χ4n) is 2.55. The van der Waals surface area contributed by atoms with Gasteiger partial charge in [-0.05, 0) is 6.92 Å². The van der Waals surface area contributed by atoms with Gasteiger partial charge in [0.1, 0.15) is 5.54 Å². The molecule has 1 aliphatic rings. The van der Waals surface area contributed by atoms with E-state index in [4.69, 9.17) is 4.74 Å². The van der Waals surface area contributed by atoms with E-state index in [-0.39, 0.29) is 31.5 Å². The summed E-state index contributed by atoms with van der Waals surface area (Å²) in [5, 5.41) is 12.0. The highest BCUT2D eigenvalue weighted by molar-refractivity contribution is 5.98. The van der Waals surface area contributed by atoms with Crippen LogP contribution in [-0.4, -0.2) is 41.5 Å². The van der Waals surface area contributed by atoms with Crippen molar-refractivity contribution >= 4 is 17.7 Å². The van der Waals surface area contributed by atoms with Crippen LogP contribution in [0.15, 0.2) is 24.3 Å². The lowest BCUT2D eigenvalue weighted by atomic mass is 9.90. The molecule has 0 unspecified atom stereocenters. The molecule has 6 nitrogen and oxygen atoms in total.